The summed E-state index contributed by atoms with van der Waals surface area (Å²) in [6.45, 7) is 6.35. The fourth-order valence-electron chi connectivity index (χ4n) is 7.58. The van der Waals surface area contributed by atoms with E-state index < -0.39 is 18.2 Å². The zero-order valence-electron chi connectivity index (χ0n) is 39.1. The van der Waals surface area contributed by atoms with Gasteiger partial charge in [0.25, 0.3) is 0 Å². The molecule has 59 heavy (non-hydrogen) atoms. The Balaban J connectivity index is 4.65. The molecule has 0 aromatic carbocycles. The first-order chi connectivity index (χ1) is 29.0. The molecular formula is C53H97NO5. The number of carbonyl (C=O) groups excluding carboxylic acids is 2. The maximum Gasteiger partial charge on any atom is 0.306 e. The third kappa shape index (κ3) is 42.3. The van der Waals surface area contributed by atoms with Crippen molar-refractivity contribution >= 4 is 11.9 Å². The van der Waals surface area contributed by atoms with Crippen molar-refractivity contribution in [2.75, 3.05) is 6.61 Å². The van der Waals surface area contributed by atoms with Crippen LogP contribution < -0.4 is 5.32 Å². The van der Waals surface area contributed by atoms with Gasteiger partial charge in [0.15, 0.2) is 0 Å². The predicted molar refractivity (Wildman–Crippen MR) is 255 cm³/mol. The first-order valence-corrected chi connectivity index (χ1v) is 25.4. The lowest BCUT2D eigenvalue weighted by Gasteiger charge is -2.24. The number of esters is 1. The summed E-state index contributed by atoms with van der Waals surface area (Å²) in [6, 6.07) is -0.710. The van der Waals surface area contributed by atoms with Crippen molar-refractivity contribution in [3.63, 3.8) is 0 Å². The number of rotatable bonds is 45. The zero-order valence-corrected chi connectivity index (χ0v) is 39.1. The normalized spacial score (nSPS) is 13.6. The Morgan fingerprint density at radius 3 is 1.49 bits per heavy atom. The van der Waals surface area contributed by atoms with Gasteiger partial charge in [0.2, 0.25) is 5.91 Å². The summed E-state index contributed by atoms with van der Waals surface area (Å²) in [5.41, 5.74) is 0. The summed E-state index contributed by atoms with van der Waals surface area (Å²) in [6.07, 6.45) is 56.0. The van der Waals surface area contributed by atoms with Gasteiger partial charge in [-0.3, -0.25) is 9.59 Å². The second-order valence-corrected chi connectivity index (χ2v) is 17.2. The van der Waals surface area contributed by atoms with E-state index in [-0.39, 0.29) is 24.9 Å². The van der Waals surface area contributed by atoms with Gasteiger partial charge in [-0.15, -0.1) is 0 Å². The van der Waals surface area contributed by atoms with Crippen LogP contribution in [0.1, 0.15) is 252 Å². The maximum atomic E-state index is 13.2. The van der Waals surface area contributed by atoms with Crippen molar-refractivity contribution in [3.8, 4) is 0 Å². The highest BCUT2D eigenvalue weighted by Crippen LogP contribution is 2.17. The largest absolute Gasteiger partial charge is 0.462 e. The highest BCUT2D eigenvalue weighted by atomic mass is 16.5. The van der Waals surface area contributed by atoms with Crippen LogP contribution in [0.4, 0.5) is 0 Å². The number of amides is 1. The Kier molecular flexibility index (Phi) is 45.1. The number of ether oxygens (including phenoxy) is 1. The SMILES string of the molecule is CC/C=C/C/C=C/CCCCCCCCCC(=O)OC(CCCCC/C=C/C=C/CCCCCCCCC)CC(=O)NC(CO)C(O)CCCCCCCCCCCC. The fourth-order valence-corrected chi connectivity index (χ4v) is 7.58. The number of aliphatic hydroxyl groups is 2. The smallest absolute Gasteiger partial charge is 0.306 e. The highest BCUT2D eigenvalue weighted by molar-refractivity contribution is 5.77. The van der Waals surface area contributed by atoms with Crippen molar-refractivity contribution in [1.29, 1.82) is 0 Å². The Hall–Kier alpha value is -2.18. The minimum atomic E-state index is -0.794. The van der Waals surface area contributed by atoms with E-state index in [2.05, 4.69) is 74.7 Å². The Morgan fingerprint density at radius 1 is 0.525 bits per heavy atom. The van der Waals surface area contributed by atoms with Gasteiger partial charge in [0, 0.05) is 6.42 Å². The fraction of sp³-hybridized carbons (Fsp3) is 0.811. The van der Waals surface area contributed by atoms with Gasteiger partial charge in [-0.2, -0.15) is 0 Å². The Labute approximate surface area is 366 Å². The van der Waals surface area contributed by atoms with E-state index in [0.717, 1.165) is 89.9 Å². The predicted octanol–water partition coefficient (Wildman–Crippen LogP) is 15.1. The van der Waals surface area contributed by atoms with Crippen LogP contribution in [0.3, 0.4) is 0 Å². The average molecular weight is 828 g/mol. The standard InChI is InChI=1S/C53H97NO5/c1-4-7-10-13-16-19-22-24-26-27-28-30-32-35-38-41-44-49(59-53(58)46-43-40-37-34-31-29-25-23-20-17-14-11-8-5-2)47-52(57)54-50(48-55)51(56)45-42-39-36-33-21-18-15-12-9-6-3/h8,11,17,20,26-28,30,49-51,55-56H,4-7,9-10,12-16,18-19,21-25,29,31-48H2,1-3H3,(H,54,57)/b11-8+,20-17+,27-26+,30-28+. The molecule has 0 aliphatic carbocycles. The molecule has 344 valence electrons. The Bertz CT molecular complexity index is 1020. The molecule has 6 heteroatoms. The van der Waals surface area contributed by atoms with E-state index in [1.165, 1.54) is 116 Å². The highest BCUT2D eigenvalue weighted by Gasteiger charge is 2.24. The van der Waals surface area contributed by atoms with E-state index in [4.69, 9.17) is 4.74 Å². The molecule has 0 saturated carbocycles. The van der Waals surface area contributed by atoms with E-state index in [9.17, 15) is 19.8 Å². The van der Waals surface area contributed by atoms with Crippen LogP contribution in [0.15, 0.2) is 48.6 Å². The van der Waals surface area contributed by atoms with E-state index >= 15 is 0 Å². The van der Waals surface area contributed by atoms with Crippen molar-refractivity contribution in [2.24, 2.45) is 0 Å². The molecule has 0 fully saturated rings. The molecule has 0 aliphatic rings. The molecule has 0 bridgehead atoms. The summed E-state index contributed by atoms with van der Waals surface area (Å²) in [4.78, 5) is 26.1. The quantitative estimate of drug-likeness (QED) is 0.0246. The molecule has 0 saturated heterocycles. The third-order valence-electron chi connectivity index (χ3n) is 11.4. The lowest BCUT2D eigenvalue weighted by atomic mass is 10.0. The zero-order chi connectivity index (χ0) is 43.1. The van der Waals surface area contributed by atoms with E-state index in [1.807, 2.05) is 0 Å². The van der Waals surface area contributed by atoms with Gasteiger partial charge in [0.1, 0.15) is 6.10 Å². The van der Waals surface area contributed by atoms with Gasteiger partial charge in [-0.25, -0.2) is 0 Å². The van der Waals surface area contributed by atoms with Crippen LogP contribution in [0.25, 0.3) is 0 Å². The molecule has 3 atom stereocenters. The molecule has 0 radical (unpaired) electrons. The van der Waals surface area contributed by atoms with E-state index in [0.29, 0.717) is 19.3 Å². The van der Waals surface area contributed by atoms with E-state index in [1.54, 1.807) is 0 Å². The molecule has 3 N–H and O–H groups in total. The molecule has 1 amide bonds. The van der Waals surface area contributed by atoms with Crippen molar-refractivity contribution in [3.05, 3.63) is 48.6 Å². The maximum absolute atomic E-state index is 13.2. The third-order valence-corrected chi connectivity index (χ3v) is 11.4. The van der Waals surface area contributed by atoms with Gasteiger partial charge in [-0.1, -0.05) is 211 Å². The number of hydrogen-bond donors (Lipinski definition) is 3. The van der Waals surface area contributed by atoms with Crippen LogP contribution in [0.5, 0.6) is 0 Å². The topological polar surface area (TPSA) is 95.9 Å². The molecule has 0 aromatic heterocycles. The van der Waals surface area contributed by atoms with Gasteiger partial charge >= 0.3 is 5.97 Å². The van der Waals surface area contributed by atoms with Crippen LogP contribution in [-0.4, -0.2) is 46.9 Å². The molecular weight excluding hydrogens is 731 g/mol. The van der Waals surface area contributed by atoms with Crippen molar-refractivity contribution in [1.82, 2.24) is 5.32 Å². The van der Waals surface area contributed by atoms with Crippen molar-refractivity contribution < 1.29 is 24.5 Å². The lowest BCUT2D eigenvalue weighted by molar-refractivity contribution is -0.151. The number of unbranched alkanes of at least 4 members (excludes halogenated alkanes) is 26. The summed E-state index contributed by atoms with van der Waals surface area (Å²) in [5, 5.41) is 23.7. The first kappa shape index (κ1) is 56.8. The first-order valence-electron chi connectivity index (χ1n) is 25.4. The molecule has 0 aromatic rings. The molecule has 0 heterocycles. The molecule has 6 nitrogen and oxygen atoms in total. The minimum Gasteiger partial charge on any atom is -0.462 e. The summed E-state index contributed by atoms with van der Waals surface area (Å²) >= 11 is 0. The Morgan fingerprint density at radius 2 is 0.966 bits per heavy atom. The number of carbonyl (C=O) groups is 2. The molecule has 0 aliphatic heterocycles. The number of aliphatic hydroxyl groups excluding tert-OH is 2. The molecule has 0 rings (SSSR count). The van der Waals surface area contributed by atoms with Crippen molar-refractivity contribution in [2.45, 2.75) is 270 Å². The second-order valence-electron chi connectivity index (χ2n) is 17.2. The second kappa shape index (κ2) is 46.9. The lowest BCUT2D eigenvalue weighted by Crippen LogP contribution is -2.46. The number of nitrogens with one attached hydrogen (secondary N) is 1. The minimum absolute atomic E-state index is 0.0568. The monoisotopic (exact) mass is 828 g/mol. The summed E-state index contributed by atoms with van der Waals surface area (Å²) in [5.74, 6) is -0.506. The summed E-state index contributed by atoms with van der Waals surface area (Å²) < 4.78 is 5.91. The average Bonchev–Trinajstić information content (AvgIpc) is 3.23. The molecule has 3 unspecified atom stereocenters. The van der Waals surface area contributed by atoms with Crippen LogP contribution in [-0.2, 0) is 14.3 Å². The van der Waals surface area contributed by atoms with Crippen LogP contribution >= 0.6 is 0 Å². The number of allylic oxidation sites excluding steroid dienone is 8. The van der Waals surface area contributed by atoms with Gasteiger partial charge < -0.3 is 20.3 Å². The number of hydrogen-bond acceptors (Lipinski definition) is 5. The van der Waals surface area contributed by atoms with Crippen LogP contribution in [0, 0.1) is 0 Å². The molecule has 0 spiro atoms. The summed E-state index contributed by atoms with van der Waals surface area (Å²) in [7, 11) is 0. The van der Waals surface area contributed by atoms with Gasteiger partial charge in [0.05, 0.1) is 25.2 Å². The van der Waals surface area contributed by atoms with Crippen LogP contribution in [0.2, 0.25) is 0 Å². The van der Waals surface area contributed by atoms with Gasteiger partial charge in [-0.05, 0) is 77.0 Å².